The maximum absolute atomic E-state index is 12.1. The summed E-state index contributed by atoms with van der Waals surface area (Å²) >= 11 is 0. The predicted molar refractivity (Wildman–Crippen MR) is 89.2 cm³/mol. The summed E-state index contributed by atoms with van der Waals surface area (Å²) in [6, 6.07) is 0.271. The first-order valence-corrected chi connectivity index (χ1v) is 8.90. The molecule has 1 amide bonds. The number of carbonyl (C=O) groups is 1. The third-order valence-electron chi connectivity index (χ3n) is 4.50. The van der Waals surface area contributed by atoms with Gasteiger partial charge in [0.05, 0.1) is 6.54 Å². The van der Waals surface area contributed by atoms with Crippen LogP contribution in [-0.4, -0.2) is 46.6 Å². The van der Waals surface area contributed by atoms with Gasteiger partial charge in [-0.1, -0.05) is 31.3 Å². The van der Waals surface area contributed by atoms with Crippen molar-refractivity contribution in [2.45, 2.75) is 71.3 Å². The van der Waals surface area contributed by atoms with Crippen LogP contribution in [0, 0.1) is 6.92 Å². The van der Waals surface area contributed by atoms with Crippen molar-refractivity contribution in [3.05, 3.63) is 11.7 Å². The van der Waals surface area contributed by atoms with Gasteiger partial charge in [0, 0.05) is 12.0 Å². The summed E-state index contributed by atoms with van der Waals surface area (Å²) in [6.45, 7) is 8.44. The Kier molecular flexibility index (Phi) is 7.02. The molecule has 23 heavy (non-hydrogen) atoms. The van der Waals surface area contributed by atoms with E-state index in [1.807, 2.05) is 6.92 Å². The molecule has 1 aliphatic heterocycles. The Balaban J connectivity index is 1.66. The summed E-state index contributed by atoms with van der Waals surface area (Å²) in [5.74, 6) is 1.92. The van der Waals surface area contributed by atoms with Gasteiger partial charge in [-0.25, -0.2) is 0 Å². The quantitative estimate of drug-likeness (QED) is 0.745. The zero-order valence-electron chi connectivity index (χ0n) is 14.7. The normalized spacial score (nSPS) is 18.0. The number of likely N-dealkylation sites (tertiary alicyclic amines) is 1. The molecular formula is C17H30N4O2. The molecule has 1 aromatic rings. The molecule has 0 aliphatic carbocycles. The van der Waals surface area contributed by atoms with Gasteiger partial charge in [0.25, 0.3) is 0 Å². The maximum Gasteiger partial charge on any atom is 0.234 e. The first kappa shape index (κ1) is 17.9. The van der Waals surface area contributed by atoms with Gasteiger partial charge >= 0.3 is 0 Å². The molecule has 2 rings (SSSR count). The van der Waals surface area contributed by atoms with Crippen molar-refractivity contribution >= 4 is 5.91 Å². The molecule has 0 aromatic carbocycles. The fraction of sp³-hybridized carbons (Fsp3) is 0.824. The van der Waals surface area contributed by atoms with Crippen LogP contribution >= 0.6 is 0 Å². The van der Waals surface area contributed by atoms with Crippen LogP contribution in [0.25, 0.3) is 0 Å². The summed E-state index contributed by atoms with van der Waals surface area (Å²) in [5.41, 5.74) is 0. The lowest BCUT2D eigenvalue weighted by molar-refractivity contribution is -0.123. The van der Waals surface area contributed by atoms with Gasteiger partial charge in [-0.3, -0.25) is 9.69 Å². The number of aryl methyl sites for hydroxylation is 1. The van der Waals surface area contributed by atoms with Crippen molar-refractivity contribution in [3.63, 3.8) is 0 Å². The third kappa shape index (κ3) is 5.94. The molecule has 1 unspecified atom stereocenters. The highest BCUT2D eigenvalue weighted by Gasteiger charge is 2.25. The monoisotopic (exact) mass is 322 g/mol. The molecule has 0 radical (unpaired) electrons. The van der Waals surface area contributed by atoms with E-state index in [4.69, 9.17) is 4.52 Å². The second-order valence-electron chi connectivity index (χ2n) is 6.69. The van der Waals surface area contributed by atoms with E-state index in [-0.39, 0.29) is 11.9 Å². The molecule has 0 spiro atoms. The number of rotatable bonds is 8. The number of aromatic nitrogens is 2. The highest BCUT2D eigenvalue weighted by molar-refractivity contribution is 5.78. The van der Waals surface area contributed by atoms with Gasteiger partial charge in [-0.2, -0.15) is 4.98 Å². The van der Waals surface area contributed by atoms with Crippen LogP contribution in [-0.2, 0) is 4.79 Å². The molecule has 6 heteroatoms. The molecule has 1 saturated heterocycles. The molecule has 1 aromatic heterocycles. The lowest BCUT2D eigenvalue weighted by Gasteiger charge is -2.30. The van der Waals surface area contributed by atoms with Crippen LogP contribution in [0.3, 0.4) is 0 Å². The zero-order chi connectivity index (χ0) is 16.7. The summed E-state index contributed by atoms with van der Waals surface area (Å²) < 4.78 is 5.26. The number of nitrogens with zero attached hydrogens (tertiary/aromatic N) is 3. The summed E-state index contributed by atoms with van der Waals surface area (Å²) in [6.07, 6.45) is 6.66. The summed E-state index contributed by atoms with van der Waals surface area (Å²) in [7, 11) is 0. The Morgan fingerprint density at radius 3 is 2.74 bits per heavy atom. The van der Waals surface area contributed by atoms with E-state index in [2.05, 4.69) is 34.2 Å². The second kappa shape index (κ2) is 9.01. The van der Waals surface area contributed by atoms with Crippen molar-refractivity contribution in [1.29, 1.82) is 0 Å². The van der Waals surface area contributed by atoms with E-state index in [0.29, 0.717) is 18.3 Å². The van der Waals surface area contributed by atoms with E-state index in [0.717, 1.165) is 38.2 Å². The van der Waals surface area contributed by atoms with Crippen LogP contribution in [0.15, 0.2) is 4.52 Å². The lowest BCUT2D eigenvalue weighted by atomic mass is 9.97. The number of carbonyl (C=O) groups excluding carboxylic acids is 1. The van der Waals surface area contributed by atoms with Crippen molar-refractivity contribution in [1.82, 2.24) is 20.4 Å². The van der Waals surface area contributed by atoms with Gasteiger partial charge in [0.2, 0.25) is 11.8 Å². The molecule has 0 saturated carbocycles. The van der Waals surface area contributed by atoms with E-state index < -0.39 is 0 Å². The second-order valence-corrected chi connectivity index (χ2v) is 6.69. The maximum atomic E-state index is 12.1. The molecule has 2 heterocycles. The van der Waals surface area contributed by atoms with Gasteiger partial charge in [0.1, 0.15) is 0 Å². The van der Waals surface area contributed by atoms with E-state index >= 15 is 0 Å². The predicted octanol–water partition coefficient (Wildman–Crippen LogP) is 2.64. The zero-order valence-corrected chi connectivity index (χ0v) is 14.7. The minimum atomic E-state index is 0.140. The molecule has 0 bridgehead atoms. The Morgan fingerprint density at radius 2 is 2.13 bits per heavy atom. The minimum absolute atomic E-state index is 0.140. The minimum Gasteiger partial charge on any atom is -0.353 e. The topological polar surface area (TPSA) is 71.3 Å². The van der Waals surface area contributed by atoms with Crippen LogP contribution in [0.4, 0.5) is 0 Å². The van der Waals surface area contributed by atoms with Crippen molar-refractivity contribution in [2.24, 2.45) is 0 Å². The van der Waals surface area contributed by atoms with Crippen LogP contribution in [0.5, 0.6) is 0 Å². The van der Waals surface area contributed by atoms with Gasteiger partial charge in [-0.05, 0) is 46.2 Å². The Morgan fingerprint density at radius 1 is 1.39 bits per heavy atom. The molecule has 1 fully saturated rings. The fourth-order valence-corrected chi connectivity index (χ4v) is 3.11. The van der Waals surface area contributed by atoms with Gasteiger partial charge in [-0.15, -0.1) is 0 Å². The third-order valence-corrected chi connectivity index (χ3v) is 4.50. The number of piperidine rings is 1. The molecule has 1 atom stereocenters. The van der Waals surface area contributed by atoms with Gasteiger partial charge in [0.15, 0.2) is 5.82 Å². The molecule has 130 valence electrons. The Hall–Kier alpha value is -1.43. The average molecular weight is 322 g/mol. The number of nitrogens with one attached hydrogen (secondary N) is 1. The lowest BCUT2D eigenvalue weighted by Crippen LogP contribution is -2.43. The van der Waals surface area contributed by atoms with Crippen molar-refractivity contribution in [2.75, 3.05) is 19.6 Å². The van der Waals surface area contributed by atoms with Crippen LogP contribution < -0.4 is 5.32 Å². The smallest absolute Gasteiger partial charge is 0.234 e. The highest BCUT2D eigenvalue weighted by atomic mass is 16.5. The molecule has 1 aliphatic rings. The molecule has 1 N–H and O–H groups in total. The first-order valence-electron chi connectivity index (χ1n) is 8.90. The van der Waals surface area contributed by atoms with E-state index in [9.17, 15) is 4.79 Å². The average Bonchev–Trinajstić information content (AvgIpc) is 2.94. The van der Waals surface area contributed by atoms with E-state index in [1.54, 1.807) is 0 Å². The number of hydrogen-bond donors (Lipinski definition) is 1. The number of unbranched alkanes of at least 4 members (excludes halogenated alkanes) is 2. The van der Waals surface area contributed by atoms with Gasteiger partial charge < -0.3 is 9.84 Å². The van der Waals surface area contributed by atoms with Crippen LogP contribution in [0.2, 0.25) is 0 Å². The van der Waals surface area contributed by atoms with E-state index in [1.165, 1.54) is 19.3 Å². The largest absolute Gasteiger partial charge is 0.353 e. The summed E-state index contributed by atoms with van der Waals surface area (Å²) in [4.78, 5) is 18.7. The molecule has 6 nitrogen and oxygen atoms in total. The van der Waals surface area contributed by atoms with Crippen molar-refractivity contribution in [3.8, 4) is 0 Å². The molecular weight excluding hydrogens is 292 g/mol. The van der Waals surface area contributed by atoms with Crippen molar-refractivity contribution < 1.29 is 9.32 Å². The fourth-order valence-electron chi connectivity index (χ4n) is 3.11. The number of amides is 1. The number of hydrogen-bond acceptors (Lipinski definition) is 5. The SMILES string of the molecule is CCCCCC(C)NC(=O)CN1CCC(c2nc(C)no2)CC1. The first-order chi connectivity index (χ1) is 11.1. The highest BCUT2D eigenvalue weighted by Crippen LogP contribution is 2.26. The summed E-state index contributed by atoms with van der Waals surface area (Å²) in [5, 5.41) is 6.97. The van der Waals surface area contributed by atoms with Crippen LogP contribution in [0.1, 0.15) is 70.0 Å². The standard InChI is InChI=1S/C17H30N4O2/c1-4-5-6-7-13(2)18-16(22)12-21-10-8-15(9-11-21)17-19-14(3)20-23-17/h13,15H,4-12H2,1-3H3,(H,18,22). The Bertz CT molecular complexity index is 481. The Labute approximate surface area is 139 Å².